The molecule has 0 aromatic heterocycles. The van der Waals surface area contributed by atoms with Crippen molar-refractivity contribution < 1.29 is 0 Å². The predicted octanol–water partition coefficient (Wildman–Crippen LogP) is 4.37. The Hall–Kier alpha value is -0.0400. The third-order valence-corrected chi connectivity index (χ3v) is 3.77. The van der Waals surface area contributed by atoms with E-state index in [1.807, 2.05) is 0 Å². The monoisotopic (exact) mass is 225 g/mol. The second kappa shape index (κ2) is 6.64. The summed E-state index contributed by atoms with van der Waals surface area (Å²) in [4.78, 5) is 0. The Morgan fingerprint density at radius 1 is 1.19 bits per heavy atom. The second-order valence-corrected chi connectivity index (χ2v) is 6.78. The van der Waals surface area contributed by atoms with Crippen LogP contribution in [0.4, 0.5) is 0 Å². The van der Waals surface area contributed by atoms with Crippen LogP contribution < -0.4 is 5.32 Å². The summed E-state index contributed by atoms with van der Waals surface area (Å²) in [6.07, 6.45) is 9.84. The van der Waals surface area contributed by atoms with Crippen LogP contribution >= 0.6 is 0 Å². The summed E-state index contributed by atoms with van der Waals surface area (Å²) in [5.41, 5.74) is 0.518. The highest BCUT2D eigenvalue weighted by Gasteiger charge is 2.22. The first-order chi connectivity index (χ1) is 7.51. The Labute approximate surface area is 102 Å². The molecule has 96 valence electrons. The molecule has 0 radical (unpaired) electrons. The minimum absolute atomic E-state index is 0.518. The average molecular weight is 225 g/mol. The van der Waals surface area contributed by atoms with Crippen molar-refractivity contribution in [2.75, 3.05) is 6.54 Å². The van der Waals surface area contributed by atoms with E-state index in [-0.39, 0.29) is 0 Å². The summed E-state index contributed by atoms with van der Waals surface area (Å²) < 4.78 is 0. The van der Waals surface area contributed by atoms with Gasteiger partial charge in [0.2, 0.25) is 0 Å². The van der Waals surface area contributed by atoms with E-state index >= 15 is 0 Å². The molecule has 2 atom stereocenters. The molecular formula is C15H31N. The van der Waals surface area contributed by atoms with E-state index in [2.05, 4.69) is 33.0 Å². The fraction of sp³-hybridized carbons (Fsp3) is 1.00. The molecule has 1 aliphatic rings. The van der Waals surface area contributed by atoms with Crippen LogP contribution in [-0.4, -0.2) is 12.6 Å². The van der Waals surface area contributed by atoms with E-state index in [1.54, 1.807) is 0 Å². The van der Waals surface area contributed by atoms with Gasteiger partial charge in [-0.25, -0.2) is 0 Å². The average Bonchev–Trinajstić information content (AvgIpc) is 2.23. The van der Waals surface area contributed by atoms with Crippen molar-refractivity contribution in [2.45, 2.75) is 78.7 Å². The molecule has 0 saturated heterocycles. The van der Waals surface area contributed by atoms with Crippen molar-refractivity contribution in [1.82, 2.24) is 5.32 Å². The zero-order chi connectivity index (χ0) is 12.0. The molecule has 0 amide bonds. The standard InChI is InChI=1S/C15H31N/c1-5-11-16-14-8-6-7-13(12-14)9-10-15(2,3)4/h13-14,16H,5-12H2,1-4H3. The van der Waals surface area contributed by atoms with Gasteiger partial charge in [0, 0.05) is 6.04 Å². The quantitative estimate of drug-likeness (QED) is 0.732. The lowest BCUT2D eigenvalue weighted by molar-refractivity contribution is 0.239. The van der Waals surface area contributed by atoms with Crippen LogP contribution in [0.3, 0.4) is 0 Å². The molecule has 0 bridgehead atoms. The third kappa shape index (κ3) is 5.89. The van der Waals surface area contributed by atoms with Gasteiger partial charge in [0.1, 0.15) is 0 Å². The minimum atomic E-state index is 0.518. The smallest absolute Gasteiger partial charge is 0.00697 e. The first kappa shape index (κ1) is 14.0. The van der Waals surface area contributed by atoms with Crippen molar-refractivity contribution in [3.63, 3.8) is 0 Å². The Kier molecular flexibility index (Phi) is 5.82. The third-order valence-electron chi connectivity index (χ3n) is 3.77. The SMILES string of the molecule is CCCNC1CCCC(CCC(C)(C)C)C1. The van der Waals surface area contributed by atoms with Crippen LogP contribution in [0, 0.1) is 11.3 Å². The van der Waals surface area contributed by atoms with Crippen LogP contribution in [0.5, 0.6) is 0 Å². The number of hydrogen-bond acceptors (Lipinski definition) is 1. The van der Waals surface area contributed by atoms with E-state index in [1.165, 1.54) is 51.5 Å². The van der Waals surface area contributed by atoms with Crippen LogP contribution in [0.2, 0.25) is 0 Å². The van der Waals surface area contributed by atoms with Crippen molar-refractivity contribution in [3.05, 3.63) is 0 Å². The van der Waals surface area contributed by atoms with Gasteiger partial charge in [0.05, 0.1) is 0 Å². The molecule has 1 N–H and O–H groups in total. The number of hydrogen-bond donors (Lipinski definition) is 1. The zero-order valence-electron chi connectivity index (χ0n) is 11.8. The predicted molar refractivity (Wildman–Crippen MR) is 72.7 cm³/mol. The molecule has 1 aliphatic carbocycles. The van der Waals surface area contributed by atoms with Gasteiger partial charge in [0.25, 0.3) is 0 Å². The first-order valence-corrected chi connectivity index (χ1v) is 7.24. The lowest BCUT2D eigenvalue weighted by Gasteiger charge is -2.31. The van der Waals surface area contributed by atoms with E-state index in [4.69, 9.17) is 0 Å². The van der Waals surface area contributed by atoms with E-state index in [9.17, 15) is 0 Å². The second-order valence-electron chi connectivity index (χ2n) is 6.78. The van der Waals surface area contributed by atoms with Gasteiger partial charge in [-0.05, 0) is 50.0 Å². The Morgan fingerprint density at radius 2 is 1.94 bits per heavy atom. The molecule has 1 rings (SSSR count). The highest BCUT2D eigenvalue weighted by atomic mass is 14.9. The molecule has 0 spiro atoms. The molecule has 1 heteroatoms. The highest BCUT2D eigenvalue weighted by Crippen LogP contribution is 2.32. The van der Waals surface area contributed by atoms with Crippen molar-refractivity contribution >= 4 is 0 Å². The molecule has 1 saturated carbocycles. The topological polar surface area (TPSA) is 12.0 Å². The van der Waals surface area contributed by atoms with Gasteiger partial charge in [-0.15, -0.1) is 0 Å². The summed E-state index contributed by atoms with van der Waals surface area (Å²) >= 11 is 0. The fourth-order valence-corrected chi connectivity index (χ4v) is 2.72. The molecule has 0 heterocycles. The van der Waals surface area contributed by atoms with Gasteiger partial charge in [-0.3, -0.25) is 0 Å². The molecule has 1 nitrogen and oxygen atoms in total. The lowest BCUT2D eigenvalue weighted by atomic mass is 9.79. The number of nitrogens with one attached hydrogen (secondary N) is 1. The van der Waals surface area contributed by atoms with E-state index in [0.717, 1.165) is 12.0 Å². The van der Waals surface area contributed by atoms with Crippen molar-refractivity contribution in [2.24, 2.45) is 11.3 Å². The molecule has 0 aliphatic heterocycles. The Morgan fingerprint density at radius 3 is 2.56 bits per heavy atom. The largest absolute Gasteiger partial charge is 0.314 e. The Bertz CT molecular complexity index is 180. The summed E-state index contributed by atoms with van der Waals surface area (Å²) in [5, 5.41) is 3.70. The van der Waals surface area contributed by atoms with Crippen LogP contribution in [-0.2, 0) is 0 Å². The highest BCUT2D eigenvalue weighted by molar-refractivity contribution is 4.79. The van der Waals surface area contributed by atoms with Crippen LogP contribution in [0.1, 0.15) is 72.6 Å². The van der Waals surface area contributed by atoms with Crippen LogP contribution in [0.15, 0.2) is 0 Å². The maximum absolute atomic E-state index is 3.70. The number of rotatable bonds is 5. The van der Waals surface area contributed by atoms with Gasteiger partial charge in [0.15, 0.2) is 0 Å². The van der Waals surface area contributed by atoms with Crippen molar-refractivity contribution in [1.29, 1.82) is 0 Å². The molecule has 1 fully saturated rings. The lowest BCUT2D eigenvalue weighted by Crippen LogP contribution is -2.34. The summed E-state index contributed by atoms with van der Waals surface area (Å²) in [5.74, 6) is 0.988. The van der Waals surface area contributed by atoms with Gasteiger partial charge in [-0.1, -0.05) is 40.5 Å². The van der Waals surface area contributed by atoms with E-state index in [0.29, 0.717) is 5.41 Å². The van der Waals surface area contributed by atoms with Gasteiger partial charge < -0.3 is 5.32 Å². The van der Waals surface area contributed by atoms with Crippen molar-refractivity contribution in [3.8, 4) is 0 Å². The normalized spacial score (nSPS) is 27.0. The molecule has 0 aromatic carbocycles. The van der Waals surface area contributed by atoms with Crippen LogP contribution in [0.25, 0.3) is 0 Å². The maximum atomic E-state index is 3.70. The zero-order valence-corrected chi connectivity index (χ0v) is 11.8. The molecular weight excluding hydrogens is 194 g/mol. The minimum Gasteiger partial charge on any atom is -0.314 e. The fourth-order valence-electron chi connectivity index (χ4n) is 2.72. The van der Waals surface area contributed by atoms with E-state index < -0.39 is 0 Å². The maximum Gasteiger partial charge on any atom is 0.00697 e. The molecule has 0 aromatic rings. The molecule has 2 unspecified atom stereocenters. The summed E-state index contributed by atoms with van der Waals surface area (Å²) in [6.45, 7) is 10.6. The summed E-state index contributed by atoms with van der Waals surface area (Å²) in [7, 11) is 0. The Balaban J connectivity index is 2.22. The van der Waals surface area contributed by atoms with Gasteiger partial charge in [-0.2, -0.15) is 0 Å². The molecule has 16 heavy (non-hydrogen) atoms. The van der Waals surface area contributed by atoms with Gasteiger partial charge >= 0.3 is 0 Å². The first-order valence-electron chi connectivity index (χ1n) is 7.24. The summed E-state index contributed by atoms with van der Waals surface area (Å²) in [6, 6.07) is 0.818.